The molecule has 6 nitrogen and oxygen atoms in total. The third-order valence-electron chi connectivity index (χ3n) is 5.31. The number of hydrogen-bond donors (Lipinski definition) is 1. The summed E-state index contributed by atoms with van der Waals surface area (Å²) in [5.41, 5.74) is 2.86. The van der Waals surface area contributed by atoms with Gasteiger partial charge in [0, 0.05) is 5.38 Å². The molecule has 0 bridgehead atoms. The van der Waals surface area contributed by atoms with Crippen molar-refractivity contribution in [1.82, 2.24) is 4.98 Å². The Morgan fingerprint density at radius 1 is 0.912 bits per heavy atom. The normalized spacial score (nSPS) is 11.6. The Labute approximate surface area is 202 Å². The van der Waals surface area contributed by atoms with E-state index < -0.39 is 11.5 Å². The Morgan fingerprint density at radius 2 is 1.41 bits per heavy atom. The summed E-state index contributed by atoms with van der Waals surface area (Å²) in [5.74, 6) is -0.582. The van der Waals surface area contributed by atoms with Crippen LogP contribution in [0.15, 0.2) is 102 Å². The van der Waals surface area contributed by atoms with Gasteiger partial charge in [0.2, 0.25) is 5.71 Å². The molecule has 0 saturated carbocycles. The second-order valence-corrected chi connectivity index (χ2v) is 8.21. The highest BCUT2D eigenvalue weighted by molar-refractivity contribution is 7.14. The maximum absolute atomic E-state index is 12.4. The van der Waals surface area contributed by atoms with Crippen LogP contribution in [0.5, 0.6) is 0 Å². The van der Waals surface area contributed by atoms with E-state index in [9.17, 15) is 4.79 Å². The van der Waals surface area contributed by atoms with Crippen LogP contribution < -0.4 is 5.32 Å². The lowest BCUT2D eigenvalue weighted by Gasteiger charge is -2.36. The van der Waals surface area contributed by atoms with Crippen LogP contribution in [0, 0.1) is 0 Å². The van der Waals surface area contributed by atoms with E-state index >= 15 is 0 Å². The van der Waals surface area contributed by atoms with E-state index in [-0.39, 0.29) is 12.3 Å². The molecule has 1 heterocycles. The minimum absolute atomic E-state index is 0.0263. The van der Waals surface area contributed by atoms with Gasteiger partial charge < -0.3 is 14.9 Å². The topological polar surface area (TPSA) is 72.8 Å². The number of anilines is 1. The molecule has 1 aromatic heterocycles. The molecule has 4 aromatic rings. The van der Waals surface area contributed by atoms with E-state index in [0.29, 0.717) is 10.8 Å². The molecule has 0 spiro atoms. The van der Waals surface area contributed by atoms with Crippen LogP contribution in [-0.4, -0.2) is 30.4 Å². The number of aromatic nitrogens is 1. The number of rotatable bonds is 9. The molecule has 0 aliphatic carbocycles. The largest absolute Gasteiger partial charge is 0.461 e. The van der Waals surface area contributed by atoms with Crippen molar-refractivity contribution in [3.8, 4) is 0 Å². The van der Waals surface area contributed by atoms with Gasteiger partial charge >= 0.3 is 5.97 Å². The highest BCUT2D eigenvalue weighted by Crippen LogP contribution is 2.40. The zero-order chi connectivity index (χ0) is 23.8. The number of carbonyl (C=O) groups is 1. The molecule has 0 unspecified atom stereocenters. The summed E-state index contributed by atoms with van der Waals surface area (Å²) in [6.07, 6.45) is 0. The first-order valence-corrected chi connectivity index (χ1v) is 11.8. The first kappa shape index (κ1) is 23.2. The van der Waals surface area contributed by atoms with Gasteiger partial charge in [0.1, 0.15) is 18.3 Å². The molecule has 4 rings (SSSR count). The number of carbonyl (C=O) groups excluding carboxylic acids is 1. The number of hydrogen-bond acceptors (Lipinski definition) is 7. The Kier molecular flexibility index (Phi) is 7.34. The number of thiazole rings is 1. The molecular weight excluding hydrogens is 446 g/mol. The molecule has 0 radical (unpaired) electrons. The average molecular weight is 472 g/mol. The highest BCUT2D eigenvalue weighted by atomic mass is 32.1. The lowest BCUT2D eigenvalue weighted by atomic mass is 9.77. The first-order valence-electron chi connectivity index (χ1n) is 10.9. The van der Waals surface area contributed by atoms with Crippen molar-refractivity contribution in [3.05, 3.63) is 119 Å². The highest BCUT2D eigenvalue weighted by Gasteiger charge is 2.37. The van der Waals surface area contributed by atoms with E-state index in [2.05, 4.69) is 51.9 Å². The third-order valence-corrected chi connectivity index (χ3v) is 6.07. The smallest absolute Gasteiger partial charge is 0.362 e. The van der Waals surface area contributed by atoms with Gasteiger partial charge in [-0.05, 0) is 23.6 Å². The lowest BCUT2D eigenvalue weighted by molar-refractivity contribution is -0.135. The Balaban J connectivity index is 1.85. The molecule has 0 atom stereocenters. The van der Waals surface area contributed by atoms with Crippen LogP contribution in [-0.2, 0) is 19.9 Å². The molecule has 0 aliphatic heterocycles. The fourth-order valence-electron chi connectivity index (χ4n) is 3.86. The number of benzene rings is 3. The van der Waals surface area contributed by atoms with Crippen molar-refractivity contribution < 1.29 is 14.4 Å². The van der Waals surface area contributed by atoms with Crippen molar-refractivity contribution in [2.24, 2.45) is 5.16 Å². The summed E-state index contributed by atoms with van der Waals surface area (Å²) in [5, 5.41) is 9.94. The van der Waals surface area contributed by atoms with E-state index in [4.69, 9.17) is 9.57 Å². The van der Waals surface area contributed by atoms with Crippen LogP contribution >= 0.6 is 11.3 Å². The number of oxime groups is 1. The molecule has 0 amide bonds. The molecule has 34 heavy (non-hydrogen) atoms. The van der Waals surface area contributed by atoms with Crippen molar-refractivity contribution in [1.29, 1.82) is 0 Å². The summed E-state index contributed by atoms with van der Waals surface area (Å²) in [6.45, 7) is 1.97. The van der Waals surface area contributed by atoms with Crippen molar-refractivity contribution in [2.45, 2.75) is 12.5 Å². The predicted molar refractivity (Wildman–Crippen MR) is 135 cm³/mol. The Hall–Kier alpha value is -3.97. The molecule has 1 N–H and O–H groups in total. The number of esters is 1. The maximum Gasteiger partial charge on any atom is 0.362 e. The second kappa shape index (κ2) is 10.8. The molecule has 0 fully saturated rings. The minimum atomic E-state index is -0.721. The Morgan fingerprint density at radius 3 is 1.85 bits per heavy atom. The molecule has 7 heteroatoms. The monoisotopic (exact) mass is 471 g/mol. The average Bonchev–Trinajstić information content (AvgIpc) is 3.35. The molecule has 0 aliphatic rings. The van der Waals surface area contributed by atoms with Crippen LogP contribution in [0.4, 0.5) is 5.13 Å². The van der Waals surface area contributed by atoms with Crippen molar-refractivity contribution in [3.63, 3.8) is 0 Å². The van der Waals surface area contributed by atoms with E-state index in [1.807, 2.05) is 54.6 Å². The first-order chi connectivity index (χ1) is 16.7. The molecule has 3 aromatic carbocycles. The zero-order valence-electron chi connectivity index (χ0n) is 19.0. The lowest BCUT2D eigenvalue weighted by Crippen LogP contribution is -2.38. The summed E-state index contributed by atoms with van der Waals surface area (Å²) < 4.78 is 5.12. The fraction of sp³-hybridized carbons (Fsp3) is 0.148. The SMILES string of the molecule is CCOC(=O)/C(=N\OC)c1csc(NC(c2ccccc2)(c2ccccc2)c2ccccc2)n1. The number of nitrogens with zero attached hydrogens (tertiary/aromatic N) is 2. The van der Waals surface area contributed by atoms with Crippen LogP contribution in [0.2, 0.25) is 0 Å². The van der Waals surface area contributed by atoms with Gasteiger partial charge in [-0.1, -0.05) is 96.2 Å². The quantitative estimate of drug-likeness (QED) is 0.152. The summed E-state index contributed by atoms with van der Waals surface area (Å²) in [6, 6.07) is 30.7. The Bertz CT molecular complexity index is 1150. The summed E-state index contributed by atoms with van der Waals surface area (Å²) in [7, 11) is 1.38. The van der Waals surface area contributed by atoms with Crippen molar-refractivity contribution >= 4 is 28.1 Å². The van der Waals surface area contributed by atoms with Gasteiger partial charge in [0.05, 0.1) is 6.61 Å². The van der Waals surface area contributed by atoms with Crippen LogP contribution in [0.25, 0.3) is 0 Å². The van der Waals surface area contributed by atoms with Crippen LogP contribution in [0.3, 0.4) is 0 Å². The summed E-state index contributed by atoms with van der Waals surface area (Å²) in [4.78, 5) is 22.0. The van der Waals surface area contributed by atoms with Gasteiger partial charge in [0.25, 0.3) is 0 Å². The second-order valence-electron chi connectivity index (χ2n) is 7.35. The number of ether oxygens (including phenoxy) is 1. The van der Waals surface area contributed by atoms with E-state index in [1.165, 1.54) is 18.4 Å². The summed E-state index contributed by atoms with van der Waals surface area (Å²) >= 11 is 1.38. The van der Waals surface area contributed by atoms with Gasteiger partial charge in [-0.2, -0.15) is 0 Å². The van der Waals surface area contributed by atoms with Gasteiger partial charge in [-0.3, -0.25) is 0 Å². The zero-order valence-corrected chi connectivity index (χ0v) is 19.8. The van der Waals surface area contributed by atoms with Crippen molar-refractivity contribution in [2.75, 3.05) is 19.0 Å². The maximum atomic E-state index is 12.4. The predicted octanol–water partition coefficient (Wildman–Crippen LogP) is 5.46. The minimum Gasteiger partial charge on any atom is -0.461 e. The fourth-order valence-corrected chi connectivity index (χ4v) is 4.61. The molecule has 0 saturated heterocycles. The van der Waals surface area contributed by atoms with Gasteiger partial charge in [0.15, 0.2) is 5.13 Å². The standard InChI is InChI=1S/C27H25N3O3S/c1-3-33-25(31)24(30-32-2)23-19-34-26(28-23)29-27(20-13-7-4-8-14-20,21-15-9-5-10-16-21)22-17-11-6-12-18-22/h4-19H,3H2,1-2H3,(H,28,29)/b30-24-. The van der Waals surface area contributed by atoms with Gasteiger partial charge in [-0.25, -0.2) is 9.78 Å². The van der Waals surface area contributed by atoms with E-state index in [1.54, 1.807) is 12.3 Å². The van der Waals surface area contributed by atoms with Gasteiger partial charge in [-0.15, -0.1) is 11.3 Å². The third kappa shape index (κ3) is 4.70. The molecular formula is C27H25N3O3S. The van der Waals surface area contributed by atoms with Crippen LogP contribution in [0.1, 0.15) is 29.3 Å². The van der Waals surface area contributed by atoms with E-state index in [0.717, 1.165) is 16.7 Å². The number of nitrogens with one attached hydrogen (secondary N) is 1. The molecule has 172 valence electrons.